The van der Waals surface area contributed by atoms with Crippen molar-refractivity contribution in [2.24, 2.45) is 0 Å². The van der Waals surface area contributed by atoms with Crippen molar-refractivity contribution in [2.45, 2.75) is 19.6 Å². The summed E-state index contributed by atoms with van der Waals surface area (Å²) in [6.45, 7) is 1.00. The molecule has 0 saturated heterocycles. The minimum atomic E-state index is 0.266. The standard InChI is InChI=1S/C21H18NO5/c1-23-9-22-8-16-13(4-5-17-21(16)27-11-24-17)14-3-2-12-6-18-19(26-10-25-18)7-15(12)20(14)22/h4-8H,2-3,9-11H2,1H3/q+1. The number of ether oxygens (including phenoxy) is 5. The molecule has 2 aliphatic heterocycles. The Morgan fingerprint density at radius 1 is 0.926 bits per heavy atom. The first-order valence-corrected chi connectivity index (χ1v) is 9.03. The first kappa shape index (κ1) is 15.1. The number of hydrogen-bond donors (Lipinski definition) is 0. The van der Waals surface area contributed by atoms with Gasteiger partial charge in [0.2, 0.25) is 19.3 Å². The molecular weight excluding hydrogens is 346 g/mol. The largest absolute Gasteiger partial charge is 0.454 e. The number of methoxy groups -OCH3 is 1. The molecule has 3 heterocycles. The van der Waals surface area contributed by atoms with Gasteiger partial charge in [-0.2, -0.15) is 4.57 Å². The van der Waals surface area contributed by atoms with Gasteiger partial charge < -0.3 is 23.7 Å². The highest BCUT2D eigenvalue weighted by molar-refractivity contribution is 5.95. The molecule has 6 nitrogen and oxygen atoms in total. The van der Waals surface area contributed by atoms with Crippen LogP contribution >= 0.6 is 0 Å². The van der Waals surface area contributed by atoms with Crippen molar-refractivity contribution in [3.05, 3.63) is 41.6 Å². The topological polar surface area (TPSA) is 50.0 Å². The Morgan fingerprint density at radius 3 is 2.63 bits per heavy atom. The van der Waals surface area contributed by atoms with Gasteiger partial charge in [0.05, 0.1) is 10.9 Å². The highest BCUT2D eigenvalue weighted by Gasteiger charge is 2.32. The maximum atomic E-state index is 5.75. The van der Waals surface area contributed by atoms with Gasteiger partial charge in [-0.05, 0) is 42.7 Å². The van der Waals surface area contributed by atoms with Gasteiger partial charge in [-0.25, -0.2) is 0 Å². The molecular formula is C21H18NO5+. The number of hydrogen-bond acceptors (Lipinski definition) is 5. The van der Waals surface area contributed by atoms with Crippen LogP contribution in [0.5, 0.6) is 23.0 Å². The minimum Gasteiger partial charge on any atom is -0.454 e. The third-order valence-corrected chi connectivity index (χ3v) is 5.53. The number of benzene rings is 2. The van der Waals surface area contributed by atoms with E-state index in [1.54, 1.807) is 7.11 Å². The summed E-state index contributed by atoms with van der Waals surface area (Å²) in [6, 6.07) is 8.35. The number of aryl methyl sites for hydroxylation is 2. The molecule has 136 valence electrons. The lowest BCUT2D eigenvalue weighted by atomic mass is 9.85. The zero-order valence-corrected chi connectivity index (χ0v) is 14.9. The fourth-order valence-electron chi connectivity index (χ4n) is 4.39. The maximum Gasteiger partial charge on any atom is 0.252 e. The summed E-state index contributed by atoms with van der Waals surface area (Å²) >= 11 is 0. The maximum absolute atomic E-state index is 5.75. The van der Waals surface area contributed by atoms with Crippen molar-refractivity contribution in [1.82, 2.24) is 0 Å². The van der Waals surface area contributed by atoms with E-state index in [0.717, 1.165) is 41.2 Å². The lowest BCUT2D eigenvalue weighted by Gasteiger charge is -2.20. The third kappa shape index (κ3) is 2.07. The monoisotopic (exact) mass is 364 g/mol. The zero-order valence-electron chi connectivity index (χ0n) is 14.9. The Hall–Kier alpha value is -2.99. The second-order valence-electron chi connectivity index (χ2n) is 6.97. The van der Waals surface area contributed by atoms with E-state index in [9.17, 15) is 0 Å². The quantitative estimate of drug-likeness (QED) is 0.655. The molecule has 0 bridgehead atoms. The van der Waals surface area contributed by atoms with E-state index < -0.39 is 0 Å². The molecule has 6 rings (SSSR count). The predicted molar refractivity (Wildman–Crippen MR) is 96.2 cm³/mol. The number of pyridine rings is 1. The van der Waals surface area contributed by atoms with E-state index >= 15 is 0 Å². The molecule has 3 aliphatic rings. The van der Waals surface area contributed by atoms with Crippen LogP contribution in [0.1, 0.15) is 11.1 Å². The Bertz CT molecular complexity index is 1110. The van der Waals surface area contributed by atoms with E-state index in [1.807, 2.05) is 6.07 Å². The van der Waals surface area contributed by atoms with Gasteiger partial charge in [-0.3, -0.25) is 0 Å². The molecule has 0 N–H and O–H groups in total. The van der Waals surface area contributed by atoms with Gasteiger partial charge >= 0.3 is 0 Å². The summed E-state index contributed by atoms with van der Waals surface area (Å²) < 4.78 is 30.2. The highest BCUT2D eigenvalue weighted by Crippen LogP contribution is 2.45. The number of nitrogens with zero attached hydrogens (tertiary/aromatic N) is 1. The van der Waals surface area contributed by atoms with Crippen LogP contribution in [-0.4, -0.2) is 20.7 Å². The summed E-state index contributed by atoms with van der Waals surface area (Å²) in [5, 5.41) is 2.26. The Morgan fingerprint density at radius 2 is 1.74 bits per heavy atom. The van der Waals surface area contributed by atoms with Crippen molar-refractivity contribution in [3.63, 3.8) is 0 Å². The van der Waals surface area contributed by atoms with Gasteiger partial charge in [0.15, 0.2) is 29.2 Å². The number of rotatable bonds is 2. The van der Waals surface area contributed by atoms with Crippen molar-refractivity contribution in [3.8, 4) is 34.3 Å². The fourth-order valence-corrected chi connectivity index (χ4v) is 4.39. The zero-order chi connectivity index (χ0) is 18.0. The van der Waals surface area contributed by atoms with Gasteiger partial charge in [0, 0.05) is 18.1 Å². The molecule has 1 aliphatic carbocycles. The van der Waals surface area contributed by atoms with Gasteiger partial charge in [-0.15, -0.1) is 0 Å². The van der Waals surface area contributed by atoms with Crippen molar-refractivity contribution < 1.29 is 28.3 Å². The van der Waals surface area contributed by atoms with Crippen LogP contribution in [-0.2, 0) is 24.3 Å². The van der Waals surface area contributed by atoms with Gasteiger partial charge in [0.25, 0.3) is 6.73 Å². The molecule has 0 radical (unpaired) electrons. The van der Waals surface area contributed by atoms with Crippen molar-refractivity contribution in [1.29, 1.82) is 0 Å². The minimum absolute atomic E-state index is 0.266. The first-order valence-electron chi connectivity index (χ1n) is 9.03. The van der Waals surface area contributed by atoms with Crippen LogP contribution in [0.2, 0.25) is 0 Å². The van der Waals surface area contributed by atoms with E-state index in [2.05, 4.69) is 29.0 Å². The van der Waals surface area contributed by atoms with Crippen LogP contribution in [0.25, 0.3) is 22.0 Å². The van der Waals surface area contributed by atoms with Crippen molar-refractivity contribution >= 4 is 10.8 Å². The average Bonchev–Trinajstić information content (AvgIpc) is 3.34. The smallest absolute Gasteiger partial charge is 0.252 e. The van der Waals surface area contributed by atoms with Crippen molar-refractivity contribution in [2.75, 3.05) is 20.7 Å². The van der Waals surface area contributed by atoms with E-state index in [1.165, 1.54) is 27.8 Å². The van der Waals surface area contributed by atoms with E-state index in [4.69, 9.17) is 23.7 Å². The summed E-state index contributed by atoms with van der Waals surface area (Å²) in [5.74, 6) is 3.25. The molecule has 0 saturated carbocycles. The third-order valence-electron chi connectivity index (χ3n) is 5.53. The molecule has 0 atom stereocenters. The molecule has 0 fully saturated rings. The molecule has 6 heteroatoms. The second-order valence-corrected chi connectivity index (χ2v) is 6.97. The fraction of sp³-hybridized carbons (Fsp3) is 0.286. The molecule has 27 heavy (non-hydrogen) atoms. The Labute approximate surface area is 155 Å². The van der Waals surface area contributed by atoms with Gasteiger partial charge in [0.1, 0.15) is 0 Å². The molecule has 0 amide bonds. The van der Waals surface area contributed by atoms with E-state index in [0.29, 0.717) is 6.73 Å². The van der Waals surface area contributed by atoms with Crippen LogP contribution in [0.15, 0.2) is 30.5 Å². The first-order chi connectivity index (χ1) is 13.3. The molecule has 0 spiro atoms. The van der Waals surface area contributed by atoms with E-state index in [-0.39, 0.29) is 13.6 Å². The number of fused-ring (bicyclic) bond motifs is 8. The summed E-state index contributed by atoms with van der Waals surface area (Å²) in [6.07, 6.45) is 4.01. The lowest BCUT2D eigenvalue weighted by Crippen LogP contribution is -2.39. The summed E-state index contributed by atoms with van der Waals surface area (Å²) in [5.41, 5.74) is 4.92. The SMILES string of the molecule is COC[n+]1cc2c3c(ccc2c2c1-c1cc4c(cc1CC2)OCO4)OCO3. The van der Waals surface area contributed by atoms with Crippen LogP contribution < -0.4 is 23.5 Å². The second kappa shape index (κ2) is 5.50. The summed E-state index contributed by atoms with van der Waals surface area (Å²) in [7, 11) is 1.71. The molecule has 0 unspecified atom stereocenters. The van der Waals surface area contributed by atoms with Crippen LogP contribution in [0, 0.1) is 0 Å². The Kier molecular flexibility index (Phi) is 3.08. The summed E-state index contributed by atoms with van der Waals surface area (Å²) in [4.78, 5) is 0. The Balaban J connectivity index is 1.67. The molecule has 2 aromatic carbocycles. The molecule has 3 aromatic rings. The average molecular weight is 364 g/mol. The van der Waals surface area contributed by atoms with Crippen LogP contribution in [0.3, 0.4) is 0 Å². The molecule has 1 aromatic heterocycles. The van der Waals surface area contributed by atoms with Crippen LogP contribution in [0.4, 0.5) is 0 Å². The number of aromatic nitrogens is 1. The van der Waals surface area contributed by atoms with Gasteiger partial charge in [-0.1, -0.05) is 0 Å². The highest BCUT2D eigenvalue weighted by atomic mass is 16.7. The predicted octanol–water partition coefficient (Wildman–Crippen LogP) is 2.95. The lowest BCUT2D eigenvalue weighted by molar-refractivity contribution is -0.720. The normalized spacial score (nSPS) is 15.7.